The maximum Gasteiger partial charge on any atom is 0.225 e. The van der Waals surface area contributed by atoms with Crippen LogP contribution in [0.2, 0.25) is 0 Å². The van der Waals surface area contributed by atoms with E-state index < -0.39 is 0 Å². The molecule has 0 spiro atoms. The first-order chi connectivity index (χ1) is 12.2. The smallest absolute Gasteiger partial charge is 0.225 e. The van der Waals surface area contributed by atoms with Crippen molar-refractivity contribution in [1.82, 2.24) is 14.5 Å². The van der Waals surface area contributed by atoms with Crippen molar-refractivity contribution >= 4 is 11.9 Å². The lowest BCUT2D eigenvalue weighted by molar-refractivity contribution is -0.137. The minimum atomic E-state index is 0.280. The molecule has 5 nitrogen and oxygen atoms in total. The Bertz CT molecular complexity index is 540. The molecule has 0 unspecified atom stereocenters. The second kappa shape index (κ2) is 8.72. The predicted octanol–water partition coefficient (Wildman–Crippen LogP) is 3.55. The van der Waals surface area contributed by atoms with Gasteiger partial charge in [0, 0.05) is 51.0 Å². The Morgan fingerprint density at radius 1 is 1.12 bits per heavy atom. The van der Waals surface area contributed by atoms with Crippen molar-refractivity contribution in [3.63, 3.8) is 0 Å². The van der Waals surface area contributed by atoms with Crippen LogP contribution < -0.4 is 4.90 Å². The van der Waals surface area contributed by atoms with Gasteiger partial charge in [-0.05, 0) is 38.5 Å². The number of amides is 1. The number of unbranched alkanes of at least 4 members (excludes halogenated alkanes) is 1. The van der Waals surface area contributed by atoms with Crippen LogP contribution in [0.15, 0.2) is 12.4 Å². The number of piperazine rings is 1. The normalized spacial score (nSPS) is 24.6. The summed E-state index contributed by atoms with van der Waals surface area (Å²) in [5.74, 6) is 2.61. The van der Waals surface area contributed by atoms with Gasteiger partial charge in [-0.3, -0.25) is 4.79 Å². The molecule has 2 aliphatic rings. The van der Waals surface area contributed by atoms with Crippen LogP contribution in [0.25, 0.3) is 0 Å². The standard InChI is InChI=1S/C20H34N4O/c1-3-5-6-17-7-9-18(10-8-17)19(25)23-13-15-24(16-14-23)20-21-11-12-22(20)4-2/h11-12,17-18H,3-10,13-16H2,1-2H3. The Balaban J connectivity index is 1.46. The van der Waals surface area contributed by atoms with E-state index in [2.05, 4.69) is 33.2 Å². The zero-order chi connectivity index (χ0) is 17.6. The number of aromatic nitrogens is 2. The highest BCUT2D eigenvalue weighted by Crippen LogP contribution is 2.33. The van der Waals surface area contributed by atoms with Crippen LogP contribution in [-0.2, 0) is 11.3 Å². The van der Waals surface area contributed by atoms with Crippen molar-refractivity contribution in [2.24, 2.45) is 11.8 Å². The van der Waals surface area contributed by atoms with Gasteiger partial charge in [-0.1, -0.05) is 26.2 Å². The number of carbonyl (C=O) groups excluding carboxylic acids is 1. The van der Waals surface area contributed by atoms with Gasteiger partial charge in [0.1, 0.15) is 0 Å². The van der Waals surface area contributed by atoms with Gasteiger partial charge in [-0.2, -0.15) is 0 Å². The number of rotatable bonds is 6. The van der Waals surface area contributed by atoms with Gasteiger partial charge >= 0.3 is 0 Å². The molecule has 0 atom stereocenters. The van der Waals surface area contributed by atoms with E-state index in [0.29, 0.717) is 5.91 Å². The molecule has 3 rings (SSSR count). The number of anilines is 1. The van der Waals surface area contributed by atoms with Crippen LogP contribution in [0.3, 0.4) is 0 Å². The first kappa shape index (κ1) is 18.3. The van der Waals surface area contributed by atoms with Crippen LogP contribution in [-0.4, -0.2) is 46.5 Å². The molecule has 0 radical (unpaired) electrons. The van der Waals surface area contributed by atoms with Crippen molar-refractivity contribution in [3.05, 3.63) is 12.4 Å². The lowest BCUT2D eigenvalue weighted by Gasteiger charge is -2.38. The van der Waals surface area contributed by atoms with Gasteiger partial charge in [0.25, 0.3) is 0 Å². The van der Waals surface area contributed by atoms with Crippen LogP contribution >= 0.6 is 0 Å². The number of hydrogen-bond donors (Lipinski definition) is 0. The number of carbonyl (C=O) groups is 1. The molecular weight excluding hydrogens is 312 g/mol. The second-order valence-corrected chi connectivity index (χ2v) is 7.69. The molecule has 2 heterocycles. The van der Waals surface area contributed by atoms with E-state index in [0.717, 1.165) is 57.4 Å². The lowest BCUT2D eigenvalue weighted by atomic mass is 9.79. The van der Waals surface area contributed by atoms with E-state index >= 15 is 0 Å². The number of hydrogen-bond acceptors (Lipinski definition) is 3. The third-order valence-corrected chi connectivity index (χ3v) is 6.07. The zero-order valence-electron chi connectivity index (χ0n) is 16.0. The highest BCUT2D eigenvalue weighted by molar-refractivity contribution is 5.79. The fraction of sp³-hybridized carbons (Fsp3) is 0.800. The highest BCUT2D eigenvalue weighted by Gasteiger charge is 2.31. The summed E-state index contributed by atoms with van der Waals surface area (Å²) < 4.78 is 2.18. The van der Waals surface area contributed by atoms with Gasteiger partial charge in [-0.25, -0.2) is 4.98 Å². The summed E-state index contributed by atoms with van der Waals surface area (Å²) in [6.07, 6.45) is 12.6. The molecule has 1 saturated heterocycles. The molecule has 2 fully saturated rings. The predicted molar refractivity (Wildman–Crippen MR) is 102 cm³/mol. The summed E-state index contributed by atoms with van der Waals surface area (Å²) in [5.41, 5.74) is 0. The molecule has 1 aromatic heterocycles. The van der Waals surface area contributed by atoms with E-state index in [-0.39, 0.29) is 5.92 Å². The number of nitrogens with zero attached hydrogens (tertiary/aromatic N) is 4. The van der Waals surface area contributed by atoms with Crippen molar-refractivity contribution in [1.29, 1.82) is 0 Å². The molecule has 5 heteroatoms. The maximum absolute atomic E-state index is 12.9. The average molecular weight is 347 g/mol. The topological polar surface area (TPSA) is 41.4 Å². The first-order valence-corrected chi connectivity index (χ1v) is 10.3. The summed E-state index contributed by atoms with van der Waals surface area (Å²) in [7, 11) is 0. The van der Waals surface area contributed by atoms with Crippen molar-refractivity contribution in [2.45, 2.75) is 65.3 Å². The van der Waals surface area contributed by atoms with Gasteiger partial charge in [0.2, 0.25) is 11.9 Å². The van der Waals surface area contributed by atoms with Crippen LogP contribution in [0.5, 0.6) is 0 Å². The summed E-state index contributed by atoms with van der Waals surface area (Å²) in [6.45, 7) is 8.82. The fourth-order valence-electron chi connectivity index (χ4n) is 4.41. The van der Waals surface area contributed by atoms with Gasteiger partial charge in [0.15, 0.2) is 0 Å². The second-order valence-electron chi connectivity index (χ2n) is 7.69. The van der Waals surface area contributed by atoms with E-state index in [1.165, 1.54) is 32.1 Å². The molecule has 1 amide bonds. The average Bonchev–Trinajstić information content (AvgIpc) is 3.15. The fourth-order valence-corrected chi connectivity index (χ4v) is 4.41. The molecule has 1 saturated carbocycles. The quantitative estimate of drug-likeness (QED) is 0.791. The van der Waals surface area contributed by atoms with Crippen molar-refractivity contribution < 1.29 is 4.79 Å². The molecule has 1 aliphatic carbocycles. The third kappa shape index (κ3) is 4.36. The van der Waals surface area contributed by atoms with Crippen molar-refractivity contribution in [2.75, 3.05) is 31.1 Å². The Kier molecular flexibility index (Phi) is 6.38. The summed E-state index contributed by atoms with van der Waals surface area (Å²) in [4.78, 5) is 21.8. The van der Waals surface area contributed by atoms with E-state index in [9.17, 15) is 4.79 Å². The van der Waals surface area contributed by atoms with Gasteiger partial charge in [-0.15, -0.1) is 0 Å². The monoisotopic (exact) mass is 346 g/mol. The molecular formula is C20H34N4O. The third-order valence-electron chi connectivity index (χ3n) is 6.07. The summed E-state index contributed by atoms with van der Waals surface area (Å²) in [5, 5.41) is 0. The molecule has 0 N–H and O–H groups in total. The molecule has 0 aromatic carbocycles. The zero-order valence-corrected chi connectivity index (χ0v) is 16.0. The Labute approximate surface area is 152 Å². The van der Waals surface area contributed by atoms with Crippen molar-refractivity contribution in [3.8, 4) is 0 Å². The lowest BCUT2D eigenvalue weighted by Crippen LogP contribution is -2.51. The van der Waals surface area contributed by atoms with Crippen LogP contribution in [0, 0.1) is 11.8 Å². The Hall–Kier alpha value is -1.52. The number of aryl methyl sites for hydroxylation is 1. The Morgan fingerprint density at radius 2 is 1.84 bits per heavy atom. The SMILES string of the molecule is CCCCC1CCC(C(=O)N2CCN(c3nccn3CC)CC2)CC1. The Morgan fingerprint density at radius 3 is 2.48 bits per heavy atom. The minimum Gasteiger partial charge on any atom is -0.339 e. The summed E-state index contributed by atoms with van der Waals surface area (Å²) >= 11 is 0. The summed E-state index contributed by atoms with van der Waals surface area (Å²) in [6, 6.07) is 0. The molecule has 140 valence electrons. The van der Waals surface area contributed by atoms with E-state index in [1.54, 1.807) is 0 Å². The first-order valence-electron chi connectivity index (χ1n) is 10.3. The number of imidazole rings is 1. The molecule has 25 heavy (non-hydrogen) atoms. The molecule has 1 aliphatic heterocycles. The molecule has 1 aromatic rings. The maximum atomic E-state index is 12.9. The minimum absolute atomic E-state index is 0.280. The molecule has 0 bridgehead atoms. The van der Waals surface area contributed by atoms with Crippen LogP contribution in [0.4, 0.5) is 5.95 Å². The van der Waals surface area contributed by atoms with E-state index in [1.807, 2.05) is 12.4 Å². The largest absolute Gasteiger partial charge is 0.339 e. The highest BCUT2D eigenvalue weighted by atomic mass is 16.2. The van der Waals surface area contributed by atoms with Crippen LogP contribution in [0.1, 0.15) is 58.8 Å². The van der Waals surface area contributed by atoms with Gasteiger partial charge < -0.3 is 14.4 Å². The van der Waals surface area contributed by atoms with E-state index in [4.69, 9.17) is 0 Å². The van der Waals surface area contributed by atoms with Gasteiger partial charge in [0.05, 0.1) is 0 Å².